The summed E-state index contributed by atoms with van der Waals surface area (Å²) in [5.74, 6) is 0.526. The zero-order valence-corrected chi connectivity index (χ0v) is 14.5. The fraction of sp³-hybridized carbons (Fsp3) is 0.429. The van der Waals surface area contributed by atoms with Gasteiger partial charge in [0.2, 0.25) is 0 Å². The van der Waals surface area contributed by atoms with Crippen LogP contribution in [0.2, 0.25) is 0 Å². The fourth-order valence-electron chi connectivity index (χ4n) is 3.88. The molecule has 2 aromatic rings. The molecule has 26 heavy (non-hydrogen) atoms. The van der Waals surface area contributed by atoms with E-state index in [0.29, 0.717) is 30.1 Å². The van der Waals surface area contributed by atoms with Gasteiger partial charge in [-0.15, -0.1) is 0 Å². The second-order valence-electron chi connectivity index (χ2n) is 7.37. The average Bonchev–Trinajstić information content (AvgIpc) is 3.54. The van der Waals surface area contributed by atoms with Crippen LogP contribution in [0.5, 0.6) is 0 Å². The topological polar surface area (TPSA) is 29.3 Å². The Hall–Kier alpha value is -1.85. The van der Waals surface area contributed by atoms with Gasteiger partial charge in [0.25, 0.3) is 0 Å². The van der Waals surface area contributed by atoms with Gasteiger partial charge in [-0.3, -0.25) is 4.90 Å². The van der Waals surface area contributed by atoms with Crippen molar-refractivity contribution in [3.8, 4) is 11.1 Å². The normalized spacial score (nSPS) is 22.7. The second-order valence-corrected chi connectivity index (χ2v) is 7.37. The highest BCUT2D eigenvalue weighted by Gasteiger charge is 2.47. The van der Waals surface area contributed by atoms with Crippen molar-refractivity contribution in [2.75, 3.05) is 13.1 Å². The van der Waals surface area contributed by atoms with E-state index in [9.17, 15) is 13.2 Å². The van der Waals surface area contributed by atoms with Gasteiger partial charge < -0.3 is 5.73 Å². The van der Waals surface area contributed by atoms with E-state index in [-0.39, 0.29) is 0 Å². The molecule has 0 radical (unpaired) electrons. The van der Waals surface area contributed by atoms with Gasteiger partial charge in [-0.2, -0.15) is 13.2 Å². The molecule has 138 valence electrons. The summed E-state index contributed by atoms with van der Waals surface area (Å²) < 4.78 is 38.7. The molecule has 0 amide bonds. The maximum atomic E-state index is 12.9. The first-order chi connectivity index (χ1) is 12.5. The summed E-state index contributed by atoms with van der Waals surface area (Å²) in [4.78, 5) is 2.55. The fourth-order valence-corrected chi connectivity index (χ4v) is 3.88. The number of nitrogens with zero attached hydrogens (tertiary/aromatic N) is 1. The smallest absolute Gasteiger partial charge is 0.329 e. The number of hydrogen-bond acceptors (Lipinski definition) is 2. The molecule has 2 fully saturated rings. The van der Waals surface area contributed by atoms with Gasteiger partial charge in [-0.1, -0.05) is 36.4 Å². The number of nitrogens with two attached hydrogens (primary N) is 1. The number of halogens is 3. The molecule has 0 bridgehead atoms. The van der Waals surface area contributed by atoms with E-state index in [0.717, 1.165) is 24.6 Å². The van der Waals surface area contributed by atoms with E-state index in [1.165, 1.54) is 30.5 Å². The Morgan fingerprint density at radius 3 is 2.35 bits per heavy atom. The Kier molecular flexibility index (Phi) is 4.53. The van der Waals surface area contributed by atoms with Gasteiger partial charge in [-0.25, -0.2) is 0 Å². The van der Waals surface area contributed by atoms with E-state index >= 15 is 0 Å². The van der Waals surface area contributed by atoms with Crippen molar-refractivity contribution < 1.29 is 13.2 Å². The molecule has 0 saturated heterocycles. The lowest BCUT2D eigenvalue weighted by Crippen LogP contribution is -2.34. The van der Waals surface area contributed by atoms with Crippen LogP contribution < -0.4 is 5.73 Å². The van der Waals surface area contributed by atoms with Crippen LogP contribution in [0.3, 0.4) is 0 Å². The van der Waals surface area contributed by atoms with Crippen molar-refractivity contribution in [2.45, 2.75) is 43.4 Å². The van der Waals surface area contributed by atoms with E-state index in [1.54, 1.807) is 6.07 Å². The predicted molar refractivity (Wildman–Crippen MR) is 96.8 cm³/mol. The Morgan fingerprint density at radius 2 is 1.73 bits per heavy atom. The van der Waals surface area contributed by atoms with Gasteiger partial charge >= 0.3 is 6.18 Å². The van der Waals surface area contributed by atoms with E-state index in [1.807, 2.05) is 12.1 Å². The molecule has 2 atom stereocenters. The van der Waals surface area contributed by atoms with Crippen LogP contribution in [0.4, 0.5) is 13.2 Å². The van der Waals surface area contributed by atoms with Crippen molar-refractivity contribution in [3.05, 3.63) is 59.7 Å². The SMILES string of the molecule is NCCN(C1CC1)[C@@H]1C[C@H]1c1ccc(-c2cccc(C(F)(F)F)c2)cc1. The minimum Gasteiger partial charge on any atom is -0.329 e. The first-order valence-corrected chi connectivity index (χ1v) is 9.21. The third kappa shape index (κ3) is 3.64. The van der Waals surface area contributed by atoms with Crippen molar-refractivity contribution in [1.29, 1.82) is 0 Å². The summed E-state index contributed by atoms with van der Waals surface area (Å²) >= 11 is 0. The third-order valence-corrected chi connectivity index (χ3v) is 5.45. The number of alkyl halides is 3. The van der Waals surface area contributed by atoms with Crippen LogP contribution >= 0.6 is 0 Å². The Balaban J connectivity index is 1.48. The summed E-state index contributed by atoms with van der Waals surface area (Å²) in [7, 11) is 0. The number of rotatable bonds is 6. The lowest BCUT2D eigenvalue weighted by atomic mass is 10.0. The quantitative estimate of drug-likeness (QED) is 0.812. The standard InChI is InChI=1S/C21H23F3N2/c22-21(23,24)17-3-1-2-16(12-17)14-4-6-15(7-5-14)19-13-20(19)26(11-10-25)18-8-9-18/h1-7,12,18-20H,8-11,13,25H2/t19-,20+/m0/s1. The molecule has 2 aliphatic rings. The number of benzene rings is 2. The maximum absolute atomic E-state index is 12.9. The van der Waals surface area contributed by atoms with Gasteiger partial charge in [0.1, 0.15) is 0 Å². The molecular formula is C21H23F3N2. The van der Waals surface area contributed by atoms with E-state index < -0.39 is 11.7 Å². The second kappa shape index (κ2) is 6.71. The van der Waals surface area contributed by atoms with Crippen molar-refractivity contribution in [3.63, 3.8) is 0 Å². The Morgan fingerprint density at radius 1 is 1.00 bits per heavy atom. The molecule has 0 spiro atoms. The molecule has 5 heteroatoms. The molecule has 2 N–H and O–H groups in total. The predicted octanol–water partition coefficient (Wildman–Crippen LogP) is 4.65. The van der Waals surface area contributed by atoms with Crippen LogP contribution in [0.1, 0.15) is 36.3 Å². The molecular weight excluding hydrogens is 337 g/mol. The van der Waals surface area contributed by atoms with Gasteiger partial charge in [-0.05, 0) is 48.1 Å². The summed E-state index contributed by atoms with van der Waals surface area (Å²) in [6, 6.07) is 14.8. The largest absolute Gasteiger partial charge is 0.416 e. The molecule has 0 aromatic heterocycles. The van der Waals surface area contributed by atoms with E-state index in [4.69, 9.17) is 5.73 Å². The highest BCUT2D eigenvalue weighted by molar-refractivity contribution is 5.65. The maximum Gasteiger partial charge on any atom is 0.416 e. The van der Waals surface area contributed by atoms with E-state index in [2.05, 4.69) is 17.0 Å². The minimum absolute atomic E-state index is 0.526. The van der Waals surface area contributed by atoms with Gasteiger partial charge in [0.05, 0.1) is 5.56 Å². The molecule has 2 aliphatic carbocycles. The zero-order valence-electron chi connectivity index (χ0n) is 14.5. The highest BCUT2D eigenvalue weighted by atomic mass is 19.4. The first-order valence-electron chi connectivity index (χ1n) is 9.21. The van der Waals surface area contributed by atoms with Crippen molar-refractivity contribution >= 4 is 0 Å². The minimum atomic E-state index is -4.31. The molecule has 0 unspecified atom stereocenters. The third-order valence-electron chi connectivity index (χ3n) is 5.45. The highest BCUT2D eigenvalue weighted by Crippen LogP contribution is 2.48. The summed E-state index contributed by atoms with van der Waals surface area (Å²) in [5, 5.41) is 0. The lowest BCUT2D eigenvalue weighted by molar-refractivity contribution is -0.137. The molecule has 2 saturated carbocycles. The Labute approximate surface area is 151 Å². The van der Waals surface area contributed by atoms with Crippen LogP contribution in [0, 0.1) is 0 Å². The van der Waals surface area contributed by atoms with Gasteiger partial charge in [0.15, 0.2) is 0 Å². The Bertz CT molecular complexity index is 766. The summed E-state index contributed by atoms with van der Waals surface area (Å²) in [5.41, 5.74) is 7.83. The summed E-state index contributed by atoms with van der Waals surface area (Å²) in [6.07, 6.45) is -0.610. The van der Waals surface area contributed by atoms with Crippen LogP contribution in [0.25, 0.3) is 11.1 Å². The van der Waals surface area contributed by atoms with Crippen molar-refractivity contribution in [1.82, 2.24) is 4.90 Å². The molecule has 2 nitrogen and oxygen atoms in total. The summed E-state index contributed by atoms with van der Waals surface area (Å²) in [6.45, 7) is 1.64. The van der Waals surface area contributed by atoms with Crippen LogP contribution in [-0.2, 0) is 6.18 Å². The van der Waals surface area contributed by atoms with Gasteiger partial charge in [0, 0.05) is 31.1 Å². The average molecular weight is 360 g/mol. The molecule has 2 aromatic carbocycles. The molecule has 0 heterocycles. The first kappa shape index (κ1) is 17.6. The monoisotopic (exact) mass is 360 g/mol. The van der Waals surface area contributed by atoms with Crippen LogP contribution in [0.15, 0.2) is 48.5 Å². The molecule has 4 rings (SSSR count). The zero-order chi connectivity index (χ0) is 18.3. The van der Waals surface area contributed by atoms with Crippen LogP contribution in [-0.4, -0.2) is 30.1 Å². The molecule has 0 aliphatic heterocycles. The lowest BCUT2D eigenvalue weighted by Gasteiger charge is -2.21. The number of hydrogen-bond donors (Lipinski definition) is 1. The van der Waals surface area contributed by atoms with Crippen molar-refractivity contribution in [2.24, 2.45) is 5.73 Å².